The van der Waals surface area contributed by atoms with E-state index < -0.39 is 0 Å². The van der Waals surface area contributed by atoms with Crippen molar-refractivity contribution >= 4 is 54.3 Å². The Balaban J connectivity index is 1.43. The lowest BCUT2D eigenvalue weighted by Crippen LogP contribution is -2.31. The van der Waals surface area contributed by atoms with Crippen LogP contribution < -0.4 is 9.30 Å². The third-order valence-electron chi connectivity index (χ3n) is 8.30. The lowest BCUT2D eigenvalue weighted by atomic mass is 9.88. The van der Waals surface area contributed by atoms with Crippen molar-refractivity contribution in [2.45, 2.75) is 34.1 Å². The van der Waals surface area contributed by atoms with Crippen molar-refractivity contribution in [2.75, 3.05) is 0 Å². The number of pyridine rings is 1. The van der Waals surface area contributed by atoms with Crippen molar-refractivity contribution in [3.63, 3.8) is 0 Å². The van der Waals surface area contributed by atoms with Gasteiger partial charge in [0.25, 0.3) is 0 Å². The molecular formula is C36H30NO2+. The maximum absolute atomic E-state index is 6.77. The molecule has 0 aliphatic carbocycles. The number of fused-ring (bicyclic) bond motifs is 8. The zero-order valence-corrected chi connectivity index (χ0v) is 23.0. The second-order valence-corrected chi connectivity index (χ2v) is 12.4. The SMILES string of the molecule is Cc1c2c(cc3cc4ccccc4cc13)Oc1cc3c4ccc(CC(C)(C)C)cc4oc3c3cc[n+](C)c-2c13. The van der Waals surface area contributed by atoms with E-state index in [1.807, 2.05) is 0 Å². The summed E-state index contributed by atoms with van der Waals surface area (Å²) in [4.78, 5) is 0. The Kier molecular flexibility index (Phi) is 4.41. The zero-order valence-electron chi connectivity index (χ0n) is 23.0. The van der Waals surface area contributed by atoms with Crippen molar-refractivity contribution in [2.24, 2.45) is 12.5 Å². The average molecular weight is 509 g/mol. The molecule has 8 rings (SSSR count). The minimum absolute atomic E-state index is 0.217. The topological polar surface area (TPSA) is 26.2 Å². The van der Waals surface area contributed by atoms with Gasteiger partial charge in [0.15, 0.2) is 6.20 Å². The maximum Gasteiger partial charge on any atom is 0.228 e. The molecule has 0 atom stereocenters. The van der Waals surface area contributed by atoms with Gasteiger partial charge in [-0.05, 0) is 81.8 Å². The predicted octanol–water partition coefficient (Wildman–Crippen LogP) is 9.54. The van der Waals surface area contributed by atoms with E-state index in [4.69, 9.17) is 9.15 Å². The van der Waals surface area contributed by atoms with Gasteiger partial charge in [-0.3, -0.25) is 0 Å². The Bertz CT molecular complexity index is 2180. The molecule has 0 saturated carbocycles. The summed E-state index contributed by atoms with van der Waals surface area (Å²) in [7, 11) is 2.12. The Hall–Kier alpha value is -4.37. The Labute approximate surface area is 227 Å². The lowest BCUT2D eigenvalue weighted by Gasteiger charge is -2.22. The molecule has 3 heterocycles. The number of benzene rings is 5. The van der Waals surface area contributed by atoms with Gasteiger partial charge in [0.05, 0.1) is 5.56 Å². The molecule has 2 aromatic heterocycles. The van der Waals surface area contributed by atoms with Crippen molar-refractivity contribution in [3.8, 4) is 22.8 Å². The molecule has 39 heavy (non-hydrogen) atoms. The minimum Gasteiger partial charge on any atom is -0.455 e. The normalized spacial score (nSPS) is 13.1. The summed E-state index contributed by atoms with van der Waals surface area (Å²) in [6.07, 6.45) is 3.16. The minimum atomic E-state index is 0.217. The van der Waals surface area contributed by atoms with Crippen molar-refractivity contribution < 1.29 is 13.7 Å². The number of nitrogens with zero attached hydrogens (tertiary/aromatic N) is 1. The third-order valence-corrected chi connectivity index (χ3v) is 8.30. The fraction of sp³-hybridized carbons (Fsp3) is 0.194. The van der Waals surface area contributed by atoms with Gasteiger partial charge in [0, 0.05) is 22.2 Å². The maximum atomic E-state index is 6.77. The number of aryl methyl sites for hydroxylation is 2. The highest BCUT2D eigenvalue weighted by atomic mass is 16.5. The van der Waals surface area contributed by atoms with Crippen LogP contribution in [0, 0.1) is 12.3 Å². The highest BCUT2D eigenvalue weighted by molar-refractivity contribution is 6.20. The van der Waals surface area contributed by atoms with Crippen LogP contribution in [0.1, 0.15) is 31.9 Å². The van der Waals surface area contributed by atoms with Crippen LogP contribution in [0.2, 0.25) is 0 Å². The van der Waals surface area contributed by atoms with Gasteiger partial charge in [0.2, 0.25) is 5.69 Å². The van der Waals surface area contributed by atoms with Crippen LogP contribution in [-0.2, 0) is 13.5 Å². The van der Waals surface area contributed by atoms with Crippen molar-refractivity contribution in [3.05, 3.63) is 90.1 Å². The highest BCUT2D eigenvalue weighted by Crippen LogP contribution is 2.51. The van der Waals surface area contributed by atoms with E-state index in [9.17, 15) is 0 Å². The predicted molar refractivity (Wildman–Crippen MR) is 161 cm³/mol. The molecule has 0 unspecified atom stereocenters. The summed E-state index contributed by atoms with van der Waals surface area (Å²) in [5.41, 5.74) is 6.94. The molecule has 3 heteroatoms. The van der Waals surface area contributed by atoms with Crippen LogP contribution in [-0.4, -0.2) is 0 Å². The standard InChI is InChI=1S/C36H30NO2/c1-20-27-16-23-9-7-6-8-22(23)15-24(27)17-30-32(20)34-33-26(12-13-37(34)5)35-28(18-31(33)38-30)25-11-10-21(14-29(25)39-35)19-36(2,3)4/h6-18H,19H2,1-5H3/q+1. The summed E-state index contributed by atoms with van der Waals surface area (Å²) in [6, 6.07) is 26.4. The first kappa shape index (κ1) is 22.6. The van der Waals surface area contributed by atoms with E-state index in [2.05, 4.69) is 118 Å². The van der Waals surface area contributed by atoms with Crippen molar-refractivity contribution in [1.29, 1.82) is 0 Å². The molecule has 1 aliphatic rings. The molecule has 0 N–H and O–H groups in total. The van der Waals surface area contributed by atoms with E-state index >= 15 is 0 Å². The molecule has 0 radical (unpaired) electrons. The smallest absolute Gasteiger partial charge is 0.228 e. The van der Waals surface area contributed by atoms with Crippen LogP contribution in [0.3, 0.4) is 0 Å². The monoisotopic (exact) mass is 508 g/mol. The van der Waals surface area contributed by atoms with Gasteiger partial charge in [-0.2, -0.15) is 0 Å². The summed E-state index contributed by atoms with van der Waals surface area (Å²) in [5, 5.41) is 9.38. The number of furan rings is 1. The highest BCUT2D eigenvalue weighted by Gasteiger charge is 2.32. The molecule has 0 bridgehead atoms. The molecule has 0 amide bonds. The van der Waals surface area contributed by atoms with Gasteiger partial charge in [0.1, 0.15) is 35.1 Å². The summed E-state index contributed by atoms with van der Waals surface area (Å²) in [5.74, 6) is 1.79. The summed E-state index contributed by atoms with van der Waals surface area (Å²) in [6.45, 7) is 9.04. The molecule has 190 valence electrons. The van der Waals surface area contributed by atoms with Gasteiger partial charge >= 0.3 is 0 Å². The van der Waals surface area contributed by atoms with Crippen LogP contribution in [0.4, 0.5) is 0 Å². The lowest BCUT2D eigenvalue weighted by molar-refractivity contribution is -0.659. The van der Waals surface area contributed by atoms with E-state index in [0.29, 0.717) is 0 Å². The van der Waals surface area contributed by atoms with E-state index in [0.717, 1.165) is 56.2 Å². The van der Waals surface area contributed by atoms with Gasteiger partial charge in [-0.25, -0.2) is 4.57 Å². The number of hydrogen-bond donors (Lipinski definition) is 0. The Morgan fingerprint density at radius 2 is 1.54 bits per heavy atom. The number of rotatable bonds is 1. The Morgan fingerprint density at radius 3 is 2.33 bits per heavy atom. The number of hydrogen-bond acceptors (Lipinski definition) is 2. The van der Waals surface area contributed by atoms with Crippen LogP contribution >= 0.6 is 0 Å². The van der Waals surface area contributed by atoms with Crippen LogP contribution in [0.5, 0.6) is 11.5 Å². The quantitative estimate of drug-likeness (QED) is 0.163. The molecule has 0 saturated heterocycles. The summed E-state index contributed by atoms with van der Waals surface area (Å²) < 4.78 is 15.6. The van der Waals surface area contributed by atoms with Gasteiger partial charge in [-0.1, -0.05) is 57.2 Å². The second kappa shape index (κ2) is 7.60. The first-order valence-corrected chi connectivity index (χ1v) is 13.7. The largest absolute Gasteiger partial charge is 0.455 e. The molecule has 1 aliphatic heterocycles. The molecule has 3 nitrogen and oxygen atoms in total. The molecule has 0 spiro atoms. The first-order chi connectivity index (χ1) is 18.7. The second-order valence-electron chi connectivity index (χ2n) is 12.4. The van der Waals surface area contributed by atoms with E-state index in [1.54, 1.807) is 0 Å². The molecule has 7 aromatic rings. The molecule has 0 fully saturated rings. The zero-order chi connectivity index (χ0) is 26.6. The number of ether oxygens (including phenoxy) is 1. The fourth-order valence-corrected chi connectivity index (χ4v) is 6.63. The van der Waals surface area contributed by atoms with Crippen molar-refractivity contribution in [1.82, 2.24) is 0 Å². The first-order valence-electron chi connectivity index (χ1n) is 13.7. The molecule has 5 aromatic carbocycles. The van der Waals surface area contributed by atoms with E-state index in [1.165, 1.54) is 38.4 Å². The van der Waals surface area contributed by atoms with Crippen LogP contribution in [0.15, 0.2) is 83.4 Å². The average Bonchev–Trinajstić information content (AvgIpc) is 3.25. The number of aromatic nitrogens is 1. The van der Waals surface area contributed by atoms with E-state index in [-0.39, 0.29) is 5.41 Å². The fourth-order valence-electron chi connectivity index (χ4n) is 6.63. The molecular weight excluding hydrogens is 478 g/mol. The Morgan fingerprint density at radius 1 is 0.744 bits per heavy atom. The van der Waals surface area contributed by atoms with Gasteiger partial charge < -0.3 is 9.15 Å². The van der Waals surface area contributed by atoms with Crippen LogP contribution in [0.25, 0.3) is 65.5 Å². The summed E-state index contributed by atoms with van der Waals surface area (Å²) >= 11 is 0. The van der Waals surface area contributed by atoms with Gasteiger partial charge in [-0.15, -0.1) is 0 Å². The third kappa shape index (κ3) is 3.26.